The lowest BCUT2D eigenvalue weighted by molar-refractivity contribution is 0.0662. The number of likely N-dealkylation sites (tertiary alicyclic amines) is 2. The van der Waals surface area contributed by atoms with E-state index in [1.54, 1.807) is 11.3 Å². The highest BCUT2D eigenvalue weighted by Gasteiger charge is 2.44. The Morgan fingerprint density at radius 1 is 1.00 bits per heavy atom. The number of ether oxygens (including phenoxy) is 1. The van der Waals surface area contributed by atoms with Crippen LogP contribution in [0.1, 0.15) is 67.9 Å². The molecule has 4 aliphatic rings. The molecule has 0 amide bonds. The van der Waals surface area contributed by atoms with Crippen LogP contribution in [0, 0.1) is 6.92 Å². The van der Waals surface area contributed by atoms with Crippen molar-refractivity contribution >= 4 is 27.4 Å². The summed E-state index contributed by atoms with van der Waals surface area (Å²) in [5.41, 5.74) is 2.45. The molecule has 37 heavy (non-hydrogen) atoms. The van der Waals surface area contributed by atoms with Crippen LogP contribution in [0.2, 0.25) is 0 Å². The third kappa shape index (κ3) is 4.68. The molecule has 9 heteroatoms. The van der Waals surface area contributed by atoms with Crippen LogP contribution in [0.25, 0.3) is 10.2 Å². The van der Waals surface area contributed by atoms with Crippen LogP contribution in [0.15, 0.2) is 17.8 Å². The van der Waals surface area contributed by atoms with Crippen molar-refractivity contribution in [1.82, 2.24) is 29.5 Å². The maximum Gasteiger partial charge on any atom is 0.139 e. The van der Waals surface area contributed by atoms with E-state index in [0.717, 1.165) is 60.7 Å². The Morgan fingerprint density at radius 2 is 1.84 bits per heavy atom. The molecule has 1 N–H and O–H groups in total. The highest BCUT2D eigenvalue weighted by molar-refractivity contribution is 7.17. The van der Waals surface area contributed by atoms with E-state index < -0.39 is 0 Å². The highest BCUT2D eigenvalue weighted by Crippen LogP contribution is 2.37. The molecule has 0 aromatic carbocycles. The Labute approximate surface area is 223 Å². The molecule has 4 fully saturated rings. The van der Waals surface area contributed by atoms with Gasteiger partial charge in [-0.25, -0.2) is 9.97 Å². The van der Waals surface area contributed by atoms with Crippen molar-refractivity contribution in [2.24, 2.45) is 0 Å². The first-order chi connectivity index (χ1) is 18.1. The standard InChI is InChI=1S/C28H39N7OS/c1-18-17-37-28-26(18)27(30-20-3-5-21(6-4-20)34-16-23-12-24(34)15-33(23)2)31-25(32-28)11-19-13-29-35(14-19)22-7-9-36-10-8-22/h13-14,17,20-24H,3-12,15-16H2,1-2H3,(H,30,31,32)/t20?,21?,23-,24-/m1/s1. The number of anilines is 1. The molecule has 3 aromatic heterocycles. The van der Waals surface area contributed by atoms with Crippen molar-refractivity contribution in [3.63, 3.8) is 0 Å². The molecule has 3 aromatic rings. The number of likely N-dealkylation sites (N-methyl/N-ethyl adjacent to an activating group) is 1. The predicted octanol–water partition coefficient (Wildman–Crippen LogP) is 4.25. The third-order valence-corrected chi connectivity index (χ3v) is 10.3. The first-order valence-corrected chi connectivity index (χ1v) is 15.1. The second-order valence-electron chi connectivity index (χ2n) is 11.8. The van der Waals surface area contributed by atoms with Gasteiger partial charge in [0.05, 0.1) is 17.6 Å². The number of aryl methyl sites for hydroxylation is 1. The zero-order valence-electron chi connectivity index (χ0n) is 22.1. The van der Waals surface area contributed by atoms with Gasteiger partial charge in [-0.2, -0.15) is 5.10 Å². The van der Waals surface area contributed by atoms with E-state index >= 15 is 0 Å². The summed E-state index contributed by atoms with van der Waals surface area (Å²) in [5.74, 6) is 1.91. The Morgan fingerprint density at radius 3 is 2.59 bits per heavy atom. The van der Waals surface area contributed by atoms with Crippen molar-refractivity contribution in [2.75, 3.05) is 38.7 Å². The molecule has 0 spiro atoms. The number of fused-ring (bicyclic) bond motifs is 3. The minimum Gasteiger partial charge on any atom is -0.381 e. The van der Waals surface area contributed by atoms with E-state index in [0.29, 0.717) is 18.5 Å². The minimum absolute atomic E-state index is 0.440. The summed E-state index contributed by atoms with van der Waals surface area (Å²) in [5, 5.41) is 12.0. The number of rotatable bonds is 6. The first kappa shape index (κ1) is 24.0. The molecule has 198 valence electrons. The Kier molecular flexibility index (Phi) is 6.43. The molecular formula is C28H39N7OS. The zero-order chi connectivity index (χ0) is 24.9. The zero-order valence-corrected chi connectivity index (χ0v) is 22.9. The quantitative estimate of drug-likeness (QED) is 0.520. The normalized spacial score (nSPS) is 29.5. The lowest BCUT2D eigenvalue weighted by atomic mass is 9.89. The van der Waals surface area contributed by atoms with Crippen molar-refractivity contribution in [3.05, 3.63) is 34.7 Å². The summed E-state index contributed by atoms with van der Waals surface area (Å²) in [4.78, 5) is 16.5. The van der Waals surface area contributed by atoms with Crippen molar-refractivity contribution in [3.8, 4) is 0 Å². The van der Waals surface area contributed by atoms with Crippen molar-refractivity contribution in [1.29, 1.82) is 0 Å². The fraction of sp³-hybridized carbons (Fsp3) is 0.679. The SMILES string of the molecule is Cc1csc2nc(Cc3cnn(C4CCOCC4)c3)nc(NC3CCC(N4C[C@H]5C[C@@H]4CN5C)CC3)c12. The fourth-order valence-corrected chi connectivity index (χ4v) is 8.14. The van der Waals surface area contributed by atoms with Gasteiger partial charge in [0.25, 0.3) is 0 Å². The van der Waals surface area contributed by atoms with Gasteiger partial charge in [0.2, 0.25) is 0 Å². The lowest BCUT2D eigenvalue weighted by Gasteiger charge is -2.41. The summed E-state index contributed by atoms with van der Waals surface area (Å²) < 4.78 is 7.64. The number of nitrogens with one attached hydrogen (secondary N) is 1. The number of hydrogen-bond donors (Lipinski definition) is 1. The maximum atomic E-state index is 5.52. The topological polar surface area (TPSA) is 71.3 Å². The number of aromatic nitrogens is 4. The largest absolute Gasteiger partial charge is 0.381 e. The van der Waals surface area contributed by atoms with Gasteiger partial charge in [-0.1, -0.05) is 0 Å². The first-order valence-electron chi connectivity index (χ1n) is 14.2. The number of thiophene rings is 1. The van der Waals surface area contributed by atoms with Crippen LogP contribution in [0.3, 0.4) is 0 Å². The molecule has 8 nitrogen and oxygen atoms in total. The summed E-state index contributed by atoms with van der Waals surface area (Å²) in [6, 6.07) is 3.27. The molecule has 7 rings (SSSR count). The number of hydrogen-bond acceptors (Lipinski definition) is 8. The monoisotopic (exact) mass is 521 g/mol. The predicted molar refractivity (Wildman–Crippen MR) is 147 cm³/mol. The van der Waals surface area contributed by atoms with E-state index in [-0.39, 0.29) is 0 Å². The van der Waals surface area contributed by atoms with Gasteiger partial charge >= 0.3 is 0 Å². The Balaban J connectivity index is 1.04. The average molecular weight is 522 g/mol. The number of nitrogens with zero attached hydrogens (tertiary/aromatic N) is 6. The van der Waals surface area contributed by atoms with Gasteiger partial charge in [0.1, 0.15) is 16.5 Å². The Hall–Kier alpha value is -2.07. The van der Waals surface area contributed by atoms with E-state index in [1.807, 2.05) is 6.20 Å². The van der Waals surface area contributed by atoms with Crippen molar-refractivity contribution < 1.29 is 4.74 Å². The summed E-state index contributed by atoms with van der Waals surface area (Å²) in [6.07, 6.45) is 13.3. The van der Waals surface area contributed by atoms with Gasteiger partial charge in [-0.05, 0) is 75.4 Å². The van der Waals surface area contributed by atoms with Gasteiger partial charge < -0.3 is 15.0 Å². The minimum atomic E-state index is 0.440. The van der Waals surface area contributed by atoms with Crippen LogP contribution >= 0.6 is 11.3 Å². The molecule has 2 bridgehead atoms. The molecule has 1 aliphatic carbocycles. The second-order valence-corrected chi connectivity index (χ2v) is 12.6. The molecule has 6 heterocycles. The molecule has 3 aliphatic heterocycles. The maximum absolute atomic E-state index is 5.52. The van der Waals surface area contributed by atoms with Gasteiger partial charge in [-0.15, -0.1) is 11.3 Å². The summed E-state index contributed by atoms with van der Waals surface area (Å²) in [6.45, 7) is 6.37. The second kappa shape index (κ2) is 9.91. The summed E-state index contributed by atoms with van der Waals surface area (Å²) in [7, 11) is 2.30. The van der Waals surface area contributed by atoms with Gasteiger partial charge in [0, 0.05) is 63.1 Å². The smallest absolute Gasteiger partial charge is 0.139 e. The van der Waals surface area contributed by atoms with Gasteiger partial charge in [-0.3, -0.25) is 9.58 Å². The van der Waals surface area contributed by atoms with Gasteiger partial charge in [0.15, 0.2) is 0 Å². The Bertz CT molecular complexity index is 1240. The highest BCUT2D eigenvalue weighted by atomic mass is 32.1. The van der Waals surface area contributed by atoms with Crippen LogP contribution < -0.4 is 5.32 Å². The van der Waals surface area contributed by atoms with Crippen molar-refractivity contribution in [2.45, 2.75) is 88.5 Å². The average Bonchev–Trinajstić information content (AvgIpc) is 3.70. The third-order valence-electron chi connectivity index (χ3n) is 9.31. The van der Waals surface area contributed by atoms with E-state index in [1.165, 1.54) is 61.7 Å². The van der Waals surface area contributed by atoms with Crippen LogP contribution in [-0.2, 0) is 11.2 Å². The molecule has 0 unspecified atom stereocenters. The molecule has 3 saturated heterocycles. The fourth-order valence-electron chi connectivity index (χ4n) is 7.20. The lowest BCUT2D eigenvalue weighted by Crippen LogP contribution is -2.50. The molecule has 0 radical (unpaired) electrons. The van der Waals surface area contributed by atoms with Crippen LogP contribution in [-0.4, -0.2) is 87.1 Å². The molecular weight excluding hydrogens is 482 g/mol. The molecule has 2 atom stereocenters. The molecule has 1 saturated carbocycles. The summed E-state index contributed by atoms with van der Waals surface area (Å²) >= 11 is 1.73. The van der Waals surface area contributed by atoms with Crippen LogP contribution in [0.4, 0.5) is 5.82 Å². The number of piperazine rings is 1. The van der Waals surface area contributed by atoms with E-state index in [2.05, 4.69) is 50.4 Å². The van der Waals surface area contributed by atoms with E-state index in [4.69, 9.17) is 14.7 Å². The van der Waals surface area contributed by atoms with Crippen LogP contribution in [0.5, 0.6) is 0 Å². The van der Waals surface area contributed by atoms with E-state index in [9.17, 15) is 0 Å².